The second-order valence-corrected chi connectivity index (χ2v) is 7.19. The second-order valence-electron chi connectivity index (χ2n) is 5.48. The summed E-state index contributed by atoms with van der Waals surface area (Å²) in [7, 11) is 0. The quantitative estimate of drug-likeness (QED) is 0.634. The number of urea groups is 1. The lowest BCUT2D eigenvalue weighted by Gasteiger charge is -2.11. The van der Waals surface area contributed by atoms with Crippen molar-refractivity contribution in [2.45, 2.75) is 18.9 Å². The van der Waals surface area contributed by atoms with Crippen molar-refractivity contribution in [3.05, 3.63) is 57.2 Å². The van der Waals surface area contributed by atoms with E-state index in [1.165, 1.54) is 0 Å². The maximum Gasteiger partial charge on any atom is 0.325 e. The van der Waals surface area contributed by atoms with Crippen molar-refractivity contribution in [2.24, 2.45) is 0 Å². The molecule has 1 aromatic carbocycles. The Kier molecular flexibility index (Phi) is 4.97. The molecule has 1 fully saturated rings. The highest BCUT2D eigenvalue weighted by molar-refractivity contribution is 7.18. The number of carbonyl (C=O) groups is 3. The van der Waals surface area contributed by atoms with E-state index >= 15 is 0 Å². The fourth-order valence-corrected chi connectivity index (χ4v) is 3.54. The molecule has 0 bridgehead atoms. The Morgan fingerprint density at radius 3 is 2.58 bits per heavy atom. The van der Waals surface area contributed by atoms with Crippen LogP contribution < -0.4 is 5.32 Å². The highest BCUT2D eigenvalue weighted by Gasteiger charge is 2.38. The second kappa shape index (κ2) is 7.15. The van der Waals surface area contributed by atoms with E-state index in [0.717, 1.165) is 21.8 Å². The minimum atomic E-state index is -0.586. The Bertz CT molecular complexity index is 775. The van der Waals surface area contributed by atoms with Crippen LogP contribution in [0.15, 0.2) is 42.5 Å². The van der Waals surface area contributed by atoms with Gasteiger partial charge in [0, 0.05) is 0 Å². The SMILES string of the molecule is O=C(CN1C(=O)NC(CCc2ccccc2)C1=O)c1ccc(Cl)s1. The van der Waals surface area contributed by atoms with Gasteiger partial charge in [-0.3, -0.25) is 14.5 Å². The molecule has 3 rings (SSSR count). The third kappa shape index (κ3) is 3.66. The van der Waals surface area contributed by atoms with Gasteiger partial charge in [-0.05, 0) is 30.5 Å². The van der Waals surface area contributed by atoms with Gasteiger partial charge >= 0.3 is 6.03 Å². The number of rotatable bonds is 6. The Balaban J connectivity index is 1.60. The molecule has 2 heterocycles. The number of nitrogens with one attached hydrogen (secondary N) is 1. The van der Waals surface area contributed by atoms with Gasteiger partial charge in [0.2, 0.25) is 0 Å². The number of ketones is 1. The summed E-state index contributed by atoms with van der Waals surface area (Å²) in [4.78, 5) is 38.0. The minimum Gasteiger partial charge on any atom is -0.326 e. The average molecular weight is 363 g/mol. The first kappa shape index (κ1) is 16.7. The Morgan fingerprint density at radius 2 is 1.92 bits per heavy atom. The number of imide groups is 1. The van der Waals surface area contributed by atoms with Gasteiger partial charge in [-0.2, -0.15) is 0 Å². The number of Topliss-reactive ketones (excluding diaryl/α,β-unsaturated/α-hetero) is 1. The monoisotopic (exact) mass is 362 g/mol. The molecule has 7 heteroatoms. The molecule has 1 aliphatic rings. The van der Waals surface area contributed by atoms with Crippen LogP contribution in [0.2, 0.25) is 4.34 Å². The fourth-order valence-electron chi connectivity index (χ4n) is 2.56. The fraction of sp³-hybridized carbons (Fsp3) is 0.235. The first-order chi connectivity index (χ1) is 11.5. The molecular formula is C17H15ClN2O3S. The van der Waals surface area contributed by atoms with E-state index in [1.54, 1.807) is 12.1 Å². The number of aryl methyl sites for hydroxylation is 1. The van der Waals surface area contributed by atoms with Crippen LogP contribution in [0.4, 0.5) is 4.79 Å². The molecule has 1 aliphatic heterocycles. The molecule has 5 nitrogen and oxygen atoms in total. The van der Waals surface area contributed by atoms with Crippen molar-refractivity contribution in [1.29, 1.82) is 0 Å². The maximum absolute atomic E-state index is 12.4. The number of halogens is 1. The van der Waals surface area contributed by atoms with Gasteiger partial charge in [0.1, 0.15) is 6.04 Å². The van der Waals surface area contributed by atoms with Crippen molar-refractivity contribution >= 4 is 40.7 Å². The molecule has 0 saturated carbocycles. The normalized spacial score (nSPS) is 17.2. The van der Waals surface area contributed by atoms with Gasteiger partial charge in [0.05, 0.1) is 15.8 Å². The van der Waals surface area contributed by atoms with Crippen molar-refractivity contribution in [3.63, 3.8) is 0 Å². The number of benzene rings is 1. The van der Waals surface area contributed by atoms with Crippen molar-refractivity contribution in [3.8, 4) is 0 Å². The van der Waals surface area contributed by atoms with Crippen molar-refractivity contribution < 1.29 is 14.4 Å². The van der Waals surface area contributed by atoms with E-state index in [0.29, 0.717) is 22.1 Å². The number of carbonyl (C=O) groups excluding carboxylic acids is 3. The van der Waals surface area contributed by atoms with Crippen LogP contribution in [0, 0.1) is 0 Å². The lowest BCUT2D eigenvalue weighted by molar-refractivity contribution is -0.127. The van der Waals surface area contributed by atoms with E-state index in [1.807, 2.05) is 30.3 Å². The van der Waals surface area contributed by atoms with Crippen LogP contribution in [-0.4, -0.2) is 35.2 Å². The summed E-state index contributed by atoms with van der Waals surface area (Å²) in [5.74, 6) is -0.647. The van der Waals surface area contributed by atoms with Gasteiger partial charge < -0.3 is 5.32 Å². The standard InChI is InChI=1S/C17H15ClN2O3S/c18-15-9-8-14(24-15)13(21)10-20-16(22)12(19-17(20)23)7-6-11-4-2-1-3-5-11/h1-5,8-9,12H,6-7,10H2,(H,19,23). The van der Waals surface area contributed by atoms with Gasteiger partial charge in [-0.15, -0.1) is 11.3 Å². The van der Waals surface area contributed by atoms with Crippen LogP contribution in [0.3, 0.4) is 0 Å². The molecule has 1 saturated heterocycles. The lowest BCUT2D eigenvalue weighted by Crippen LogP contribution is -2.36. The summed E-state index contributed by atoms with van der Waals surface area (Å²) in [6.45, 7) is -0.261. The third-order valence-corrected chi connectivity index (χ3v) is 5.09. The smallest absolute Gasteiger partial charge is 0.325 e. The summed E-state index contributed by atoms with van der Waals surface area (Å²) in [5.41, 5.74) is 1.10. The summed E-state index contributed by atoms with van der Waals surface area (Å²) in [6.07, 6.45) is 1.18. The van der Waals surface area contributed by atoms with E-state index in [-0.39, 0.29) is 18.2 Å². The molecule has 1 atom stereocenters. The first-order valence-corrected chi connectivity index (χ1v) is 8.68. The Labute approximate surface area is 148 Å². The van der Waals surface area contributed by atoms with Crippen molar-refractivity contribution in [1.82, 2.24) is 10.2 Å². The first-order valence-electron chi connectivity index (χ1n) is 7.49. The Morgan fingerprint density at radius 1 is 1.17 bits per heavy atom. The van der Waals surface area contributed by atoms with Gasteiger partial charge in [-0.1, -0.05) is 41.9 Å². The predicted octanol–water partition coefficient (Wildman–Crippen LogP) is 3.14. The molecule has 24 heavy (non-hydrogen) atoms. The van der Waals surface area contributed by atoms with E-state index < -0.39 is 12.1 Å². The van der Waals surface area contributed by atoms with Crippen LogP contribution >= 0.6 is 22.9 Å². The van der Waals surface area contributed by atoms with E-state index in [4.69, 9.17) is 11.6 Å². The summed E-state index contributed by atoms with van der Waals surface area (Å²) < 4.78 is 0.497. The molecule has 3 amide bonds. The number of thiophene rings is 1. The van der Waals surface area contributed by atoms with Crippen LogP contribution in [0.25, 0.3) is 0 Å². The summed E-state index contributed by atoms with van der Waals surface area (Å²) >= 11 is 6.94. The zero-order valence-corrected chi connectivity index (χ0v) is 14.3. The highest BCUT2D eigenvalue weighted by Crippen LogP contribution is 2.22. The molecule has 2 aromatic rings. The average Bonchev–Trinajstić information content (AvgIpc) is 3.12. The number of amides is 3. The molecule has 0 radical (unpaired) electrons. The van der Waals surface area contributed by atoms with Crippen LogP contribution in [-0.2, 0) is 11.2 Å². The molecule has 124 valence electrons. The van der Waals surface area contributed by atoms with E-state index in [9.17, 15) is 14.4 Å². The third-order valence-electron chi connectivity index (χ3n) is 3.82. The van der Waals surface area contributed by atoms with Crippen LogP contribution in [0.5, 0.6) is 0 Å². The number of hydrogen-bond donors (Lipinski definition) is 1. The van der Waals surface area contributed by atoms with Crippen molar-refractivity contribution in [2.75, 3.05) is 6.54 Å². The molecule has 0 aliphatic carbocycles. The molecular weight excluding hydrogens is 348 g/mol. The topological polar surface area (TPSA) is 66.5 Å². The molecule has 1 unspecified atom stereocenters. The minimum absolute atomic E-state index is 0.261. The predicted molar refractivity (Wildman–Crippen MR) is 92.5 cm³/mol. The highest BCUT2D eigenvalue weighted by atomic mass is 35.5. The molecule has 0 spiro atoms. The summed E-state index contributed by atoms with van der Waals surface area (Å²) in [5, 5.41) is 2.65. The van der Waals surface area contributed by atoms with Crippen LogP contribution in [0.1, 0.15) is 21.7 Å². The molecule has 1 N–H and O–H groups in total. The van der Waals surface area contributed by atoms with E-state index in [2.05, 4.69) is 5.32 Å². The maximum atomic E-state index is 12.4. The zero-order chi connectivity index (χ0) is 17.1. The number of hydrogen-bond acceptors (Lipinski definition) is 4. The lowest BCUT2D eigenvalue weighted by atomic mass is 10.1. The van der Waals surface area contributed by atoms with Gasteiger partial charge in [0.15, 0.2) is 5.78 Å². The van der Waals surface area contributed by atoms with Gasteiger partial charge in [0.25, 0.3) is 5.91 Å². The van der Waals surface area contributed by atoms with Gasteiger partial charge in [-0.25, -0.2) is 4.79 Å². The zero-order valence-electron chi connectivity index (χ0n) is 12.7. The summed E-state index contributed by atoms with van der Waals surface area (Å²) in [6, 6.07) is 11.9. The number of nitrogens with zero attached hydrogens (tertiary/aromatic N) is 1. The molecule has 1 aromatic heterocycles. The Hall–Kier alpha value is -2.18. The largest absolute Gasteiger partial charge is 0.326 e.